The second kappa shape index (κ2) is 9.08. The molecule has 0 saturated carbocycles. The largest absolute Gasteiger partial charge is 0.307 e. The predicted molar refractivity (Wildman–Crippen MR) is 80.8 cm³/mol. The molecule has 0 saturated heterocycles. The minimum Gasteiger partial charge on any atom is -0.307 e. The molecule has 1 aromatic rings. The Morgan fingerprint density at radius 2 is 1.68 bits per heavy atom. The highest BCUT2D eigenvalue weighted by Crippen LogP contribution is 2.22. The first-order valence-corrected chi connectivity index (χ1v) is 7.72. The molecule has 19 heavy (non-hydrogen) atoms. The van der Waals surface area contributed by atoms with Gasteiger partial charge in [0.05, 0.1) is 0 Å². The average molecular weight is 265 g/mol. The summed E-state index contributed by atoms with van der Waals surface area (Å²) in [4.78, 5) is 0. The van der Waals surface area contributed by atoms with Crippen molar-refractivity contribution < 1.29 is 4.39 Å². The van der Waals surface area contributed by atoms with Crippen molar-refractivity contribution in [2.45, 2.75) is 71.4 Å². The second-order valence-electron chi connectivity index (χ2n) is 5.31. The van der Waals surface area contributed by atoms with Crippen molar-refractivity contribution in [3.8, 4) is 0 Å². The zero-order chi connectivity index (χ0) is 14.1. The van der Waals surface area contributed by atoms with Gasteiger partial charge in [-0.25, -0.2) is 4.39 Å². The normalized spacial score (nSPS) is 14.3. The zero-order valence-electron chi connectivity index (χ0n) is 12.6. The Labute approximate surface area is 117 Å². The first-order valence-electron chi connectivity index (χ1n) is 7.72. The van der Waals surface area contributed by atoms with E-state index in [0.29, 0.717) is 12.1 Å². The number of rotatable bonds is 9. The van der Waals surface area contributed by atoms with E-state index in [1.165, 1.54) is 31.2 Å². The number of nitrogens with one attached hydrogen (secondary N) is 1. The Hall–Kier alpha value is -0.890. The minimum absolute atomic E-state index is 0.154. The van der Waals surface area contributed by atoms with Crippen LogP contribution in [0, 0.1) is 5.82 Å². The molecule has 1 nitrogen and oxygen atoms in total. The lowest BCUT2D eigenvalue weighted by molar-refractivity contribution is 0.380. The first-order chi connectivity index (χ1) is 9.21. The molecular weight excluding hydrogens is 237 g/mol. The standard InChI is InChI=1S/C17H28FN/c1-4-7-9-17(19-16(6-3)8-5-2)14-10-12-15(18)13-11-14/h10-13,16-17,19H,4-9H2,1-3H3. The third kappa shape index (κ3) is 5.73. The van der Waals surface area contributed by atoms with Crippen molar-refractivity contribution in [1.82, 2.24) is 5.32 Å². The summed E-state index contributed by atoms with van der Waals surface area (Å²) in [5.41, 5.74) is 1.21. The Kier molecular flexibility index (Phi) is 7.73. The molecule has 0 aliphatic rings. The lowest BCUT2D eigenvalue weighted by Gasteiger charge is -2.25. The van der Waals surface area contributed by atoms with Crippen LogP contribution in [0.4, 0.5) is 4.39 Å². The molecule has 0 amide bonds. The highest BCUT2D eigenvalue weighted by molar-refractivity contribution is 5.20. The van der Waals surface area contributed by atoms with Crippen LogP contribution in [0.25, 0.3) is 0 Å². The van der Waals surface area contributed by atoms with Gasteiger partial charge < -0.3 is 5.32 Å². The number of benzene rings is 1. The van der Waals surface area contributed by atoms with Crippen molar-refractivity contribution in [2.24, 2.45) is 0 Å². The van der Waals surface area contributed by atoms with Gasteiger partial charge >= 0.3 is 0 Å². The zero-order valence-corrected chi connectivity index (χ0v) is 12.6. The van der Waals surface area contributed by atoms with Crippen molar-refractivity contribution in [3.05, 3.63) is 35.6 Å². The van der Waals surface area contributed by atoms with Crippen molar-refractivity contribution in [2.75, 3.05) is 0 Å². The molecule has 108 valence electrons. The summed E-state index contributed by atoms with van der Waals surface area (Å²) in [5, 5.41) is 3.75. The van der Waals surface area contributed by atoms with Crippen molar-refractivity contribution >= 4 is 0 Å². The van der Waals surface area contributed by atoms with Gasteiger partial charge in [0.1, 0.15) is 5.82 Å². The van der Waals surface area contributed by atoms with E-state index >= 15 is 0 Å². The summed E-state index contributed by atoms with van der Waals surface area (Å²) in [5.74, 6) is -0.154. The van der Waals surface area contributed by atoms with Crippen LogP contribution in [0.1, 0.15) is 70.9 Å². The summed E-state index contributed by atoms with van der Waals surface area (Å²) in [6.07, 6.45) is 7.09. The monoisotopic (exact) mass is 265 g/mol. The molecule has 0 bridgehead atoms. The van der Waals surface area contributed by atoms with E-state index in [0.717, 1.165) is 12.8 Å². The Bertz CT molecular complexity index is 334. The van der Waals surface area contributed by atoms with Crippen LogP contribution in [-0.2, 0) is 0 Å². The maximum absolute atomic E-state index is 13.0. The summed E-state index contributed by atoms with van der Waals surface area (Å²) in [7, 11) is 0. The maximum Gasteiger partial charge on any atom is 0.123 e. The molecule has 2 atom stereocenters. The molecule has 0 fully saturated rings. The summed E-state index contributed by atoms with van der Waals surface area (Å²) in [6.45, 7) is 6.67. The van der Waals surface area contributed by atoms with Crippen LogP contribution in [-0.4, -0.2) is 6.04 Å². The number of halogens is 1. The predicted octanol–water partition coefficient (Wildman–Crippen LogP) is 5.23. The third-order valence-electron chi connectivity index (χ3n) is 3.69. The molecule has 2 heteroatoms. The number of unbranched alkanes of at least 4 members (excludes halogenated alkanes) is 1. The molecule has 0 aromatic heterocycles. The average Bonchev–Trinajstić information content (AvgIpc) is 2.43. The molecule has 1 rings (SSSR count). The van der Waals surface area contributed by atoms with E-state index in [4.69, 9.17) is 0 Å². The van der Waals surface area contributed by atoms with Crippen LogP contribution in [0.2, 0.25) is 0 Å². The van der Waals surface area contributed by atoms with E-state index in [2.05, 4.69) is 26.1 Å². The number of hydrogen-bond donors (Lipinski definition) is 1. The smallest absolute Gasteiger partial charge is 0.123 e. The summed E-state index contributed by atoms with van der Waals surface area (Å²) >= 11 is 0. The molecule has 0 aliphatic heterocycles. The maximum atomic E-state index is 13.0. The molecule has 1 aromatic carbocycles. The molecule has 0 aliphatic carbocycles. The fourth-order valence-electron chi connectivity index (χ4n) is 2.49. The van der Waals surface area contributed by atoms with Gasteiger partial charge in [0.15, 0.2) is 0 Å². The fraction of sp³-hybridized carbons (Fsp3) is 0.647. The Morgan fingerprint density at radius 3 is 2.21 bits per heavy atom. The van der Waals surface area contributed by atoms with Crippen LogP contribution in [0.15, 0.2) is 24.3 Å². The van der Waals surface area contributed by atoms with Gasteiger partial charge in [-0.05, 0) is 37.0 Å². The van der Waals surface area contributed by atoms with E-state index in [1.54, 1.807) is 12.1 Å². The lowest BCUT2D eigenvalue weighted by Crippen LogP contribution is -2.32. The van der Waals surface area contributed by atoms with Crippen molar-refractivity contribution in [1.29, 1.82) is 0 Å². The van der Waals surface area contributed by atoms with E-state index in [-0.39, 0.29) is 5.82 Å². The fourth-order valence-corrected chi connectivity index (χ4v) is 2.49. The van der Waals surface area contributed by atoms with Crippen LogP contribution in [0.3, 0.4) is 0 Å². The molecule has 0 radical (unpaired) electrons. The third-order valence-corrected chi connectivity index (χ3v) is 3.69. The molecule has 0 spiro atoms. The van der Waals surface area contributed by atoms with E-state index < -0.39 is 0 Å². The van der Waals surface area contributed by atoms with Crippen LogP contribution >= 0.6 is 0 Å². The van der Waals surface area contributed by atoms with E-state index in [9.17, 15) is 4.39 Å². The molecular formula is C17H28FN. The first kappa shape index (κ1) is 16.2. The van der Waals surface area contributed by atoms with Crippen LogP contribution < -0.4 is 5.32 Å². The highest BCUT2D eigenvalue weighted by atomic mass is 19.1. The van der Waals surface area contributed by atoms with Gasteiger partial charge in [-0.15, -0.1) is 0 Å². The van der Waals surface area contributed by atoms with Crippen LogP contribution in [0.5, 0.6) is 0 Å². The second-order valence-corrected chi connectivity index (χ2v) is 5.31. The van der Waals surface area contributed by atoms with Crippen molar-refractivity contribution in [3.63, 3.8) is 0 Å². The minimum atomic E-state index is -0.154. The molecule has 2 unspecified atom stereocenters. The van der Waals surface area contributed by atoms with Gasteiger partial charge in [-0.3, -0.25) is 0 Å². The summed E-state index contributed by atoms with van der Waals surface area (Å²) < 4.78 is 13.0. The highest BCUT2D eigenvalue weighted by Gasteiger charge is 2.15. The van der Waals surface area contributed by atoms with Gasteiger partial charge in [-0.2, -0.15) is 0 Å². The van der Waals surface area contributed by atoms with E-state index in [1.807, 2.05) is 12.1 Å². The van der Waals surface area contributed by atoms with Gasteiger partial charge in [-0.1, -0.05) is 52.2 Å². The topological polar surface area (TPSA) is 12.0 Å². The van der Waals surface area contributed by atoms with Gasteiger partial charge in [0, 0.05) is 12.1 Å². The Balaban J connectivity index is 2.72. The Morgan fingerprint density at radius 1 is 1.00 bits per heavy atom. The molecule has 0 heterocycles. The lowest BCUT2D eigenvalue weighted by atomic mass is 9.98. The SMILES string of the molecule is CCCCC(NC(CC)CCC)c1ccc(F)cc1. The quantitative estimate of drug-likeness (QED) is 0.645. The molecule has 1 N–H and O–H groups in total. The van der Waals surface area contributed by atoms with Gasteiger partial charge in [0.25, 0.3) is 0 Å². The van der Waals surface area contributed by atoms with Gasteiger partial charge in [0.2, 0.25) is 0 Å². The number of hydrogen-bond acceptors (Lipinski definition) is 1. The summed E-state index contributed by atoms with van der Waals surface area (Å²) in [6, 6.07) is 7.89.